The highest BCUT2D eigenvalue weighted by Gasteiger charge is 2.13. The van der Waals surface area contributed by atoms with Crippen LogP contribution in [0.5, 0.6) is 0 Å². The molecule has 1 N–H and O–H groups in total. The number of benzene rings is 1. The van der Waals surface area contributed by atoms with Crippen LogP contribution in [0.2, 0.25) is 0 Å². The SMILES string of the molecule is Cc1c(C(C)C)nc(NC(C)C)c2ccccc12. The number of aromatic nitrogens is 1. The third kappa shape index (κ3) is 2.33. The Morgan fingerprint density at radius 3 is 2.17 bits per heavy atom. The van der Waals surface area contributed by atoms with E-state index in [9.17, 15) is 0 Å². The maximum Gasteiger partial charge on any atom is 0.134 e. The molecule has 2 aromatic rings. The highest BCUT2D eigenvalue weighted by Crippen LogP contribution is 2.30. The van der Waals surface area contributed by atoms with Crippen molar-refractivity contribution in [3.8, 4) is 0 Å². The Labute approximate surface area is 109 Å². The molecule has 0 spiro atoms. The fourth-order valence-corrected chi connectivity index (χ4v) is 2.36. The van der Waals surface area contributed by atoms with Gasteiger partial charge in [0.2, 0.25) is 0 Å². The lowest BCUT2D eigenvalue weighted by Crippen LogP contribution is -2.13. The van der Waals surface area contributed by atoms with Gasteiger partial charge in [0.1, 0.15) is 5.82 Å². The van der Waals surface area contributed by atoms with Crippen LogP contribution in [-0.2, 0) is 0 Å². The minimum absolute atomic E-state index is 0.392. The number of anilines is 1. The molecule has 0 aliphatic heterocycles. The van der Waals surface area contributed by atoms with Gasteiger partial charge in [-0.1, -0.05) is 38.1 Å². The lowest BCUT2D eigenvalue weighted by Gasteiger charge is -2.18. The van der Waals surface area contributed by atoms with Gasteiger partial charge in [0.15, 0.2) is 0 Å². The van der Waals surface area contributed by atoms with Gasteiger partial charge in [-0.3, -0.25) is 0 Å². The highest BCUT2D eigenvalue weighted by molar-refractivity contribution is 5.94. The Bertz CT molecular complexity index is 556. The van der Waals surface area contributed by atoms with E-state index in [0.717, 1.165) is 5.82 Å². The van der Waals surface area contributed by atoms with Crippen molar-refractivity contribution >= 4 is 16.6 Å². The molecule has 0 saturated heterocycles. The van der Waals surface area contributed by atoms with Crippen LogP contribution in [0.1, 0.15) is 44.9 Å². The molecule has 0 unspecified atom stereocenters. The number of nitrogens with one attached hydrogen (secondary N) is 1. The van der Waals surface area contributed by atoms with E-state index in [4.69, 9.17) is 4.98 Å². The summed E-state index contributed by atoms with van der Waals surface area (Å²) >= 11 is 0. The monoisotopic (exact) mass is 242 g/mol. The van der Waals surface area contributed by atoms with Gasteiger partial charge in [-0.2, -0.15) is 0 Å². The normalized spacial score (nSPS) is 11.5. The first-order chi connectivity index (χ1) is 8.50. The quantitative estimate of drug-likeness (QED) is 0.858. The standard InChI is InChI=1S/C16H22N2/c1-10(2)15-12(5)13-8-6-7-9-14(13)16(18-15)17-11(3)4/h6-11H,1-5H3,(H,17,18). The molecule has 0 bridgehead atoms. The molecule has 0 aliphatic carbocycles. The molecular weight excluding hydrogens is 220 g/mol. The fourth-order valence-electron chi connectivity index (χ4n) is 2.36. The molecule has 96 valence electrons. The summed E-state index contributed by atoms with van der Waals surface area (Å²) in [4.78, 5) is 4.83. The molecule has 2 nitrogen and oxygen atoms in total. The predicted molar refractivity (Wildman–Crippen MR) is 79.3 cm³/mol. The summed E-state index contributed by atoms with van der Waals surface area (Å²) in [5.74, 6) is 1.46. The van der Waals surface area contributed by atoms with Gasteiger partial charge < -0.3 is 5.32 Å². The maximum absolute atomic E-state index is 4.83. The number of rotatable bonds is 3. The topological polar surface area (TPSA) is 24.9 Å². The first-order valence-corrected chi connectivity index (χ1v) is 6.66. The second kappa shape index (κ2) is 4.97. The summed E-state index contributed by atoms with van der Waals surface area (Å²) in [6.07, 6.45) is 0. The number of pyridine rings is 1. The molecule has 0 amide bonds. The zero-order valence-electron chi connectivity index (χ0n) is 11.9. The Hall–Kier alpha value is -1.57. The largest absolute Gasteiger partial charge is 0.367 e. The average molecular weight is 242 g/mol. The first-order valence-electron chi connectivity index (χ1n) is 6.66. The van der Waals surface area contributed by atoms with E-state index < -0.39 is 0 Å². The van der Waals surface area contributed by atoms with Crippen molar-refractivity contribution in [2.75, 3.05) is 5.32 Å². The van der Waals surface area contributed by atoms with Crippen LogP contribution in [-0.4, -0.2) is 11.0 Å². The van der Waals surface area contributed by atoms with Gasteiger partial charge in [0, 0.05) is 17.1 Å². The van der Waals surface area contributed by atoms with E-state index in [0.29, 0.717) is 12.0 Å². The summed E-state index contributed by atoms with van der Waals surface area (Å²) in [5.41, 5.74) is 2.49. The molecule has 2 rings (SSSR count). The third-order valence-corrected chi connectivity index (χ3v) is 3.17. The van der Waals surface area contributed by atoms with E-state index in [1.165, 1.54) is 22.0 Å². The van der Waals surface area contributed by atoms with Gasteiger partial charge in [0.25, 0.3) is 0 Å². The fraction of sp³-hybridized carbons (Fsp3) is 0.438. The van der Waals surface area contributed by atoms with Crippen molar-refractivity contribution < 1.29 is 0 Å². The van der Waals surface area contributed by atoms with Crippen molar-refractivity contribution in [1.29, 1.82) is 0 Å². The lowest BCUT2D eigenvalue weighted by atomic mass is 9.98. The molecule has 1 heterocycles. The van der Waals surface area contributed by atoms with Crippen LogP contribution in [0.4, 0.5) is 5.82 Å². The van der Waals surface area contributed by atoms with Gasteiger partial charge in [-0.05, 0) is 37.6 Å². The van der Waals surface area contributed by atoms with E-state index in [1.807, 2.05) is 0 Å². The predicted octanol–water partition coefficient (Wildman–Crippen LogP) is 4.49. The lowest BCUT2D eigenvalue weighted by molar-refractivity contribution is 0.809. The smallest absolute Gasteiger partial charge is 0.134 e. The molecule has 0 atom stereocenters. The summed E-state index contributed by atoms with van der Waals surface area (Å²) in [6.45, 7) is 10.9. The van der Waals surface area contributed by atoms with Gasteiger partial charge in [0.05, 0.1) is 0 Å². The Morgan fingerprint density at radius 1 is 1.00 bits per heavy atom. The molecule has 0 fully saturated rings. The van der Waals surface area contributed by atoms with Crippen molar-refractivity contribution in [3.05, 3.63) is 35.5 Å². The number of hydrogen-bond donors (Lipinski definition) is 1. The van der Waals surface area contributed by atoms with E-state index in [-0.39, 0.29) is 0 Å². The first kappa shape index (κ1) is 12.9. The van der Waals surface area contributed by atoms with Crippen molar-refractivity contribution in [2.45, 2.75) is 46.6 Å². The van der Waals surface area contributed by atoms with Crippen molar-refractivity contribution in [3.63, 3.8) is 0 Å². The van der Waals surface area contributed by atoms with E-state index >= 15 is 0 Å². The Balaban J connectivity index is 2.71. The zero-order chi connectivity index (χ0) is 13.3. The molecular formula is C16H22N2. The molecule has 2 heteroatoms. The zero-order valence-corrected chi connectivity index (χ0v) is 11.9. The second-order valence-electron chi connectivity index (χ2n) is 5.47. The van der Waals surface area contributed by atoms with E-state index in [2.05, 4.69) is 64.2 Å². The minimum atomic E-state index is 0.392. The number of hydrogen-bond acceptors (Lipinski definition) is 2. The van der Waals surface area contributed by atoms with Crippen LogP contribution in [0.25, 0.3) is 10.8 Å². The summed E-state index contributed by atoms with van der Waals surface area (Å²) < 4.78 is 0. The third-order valence-electron chi connectivity index (χ3n) is 3.17. The molecule has 18 heavy (non-hydrogen) atoms. The van der Waals surface area contributed by atoms with Gasteiger partial charge >= 0.3 is 0 Å². The average Bonchev–Trinajstić information content (AvgIpc) is 2.32. The Morgan fingerprint density at radius 2 is 1.61 bits per heavy atom. The minimum Gasteiger partial charge on any atom is -0.367 e. The molecule has 1 aromatic heterocycles. The summed E-state index contributed by atoms with van der Waals surface area (Å²) in [6, 6.07) is 8.89. The molecule has 1 aromatic carbocycles. The number of nitrogens with zero attached hydrogens (tertiary/aromatic N) is 1. The van der Waals surface area contributed by atoms with Crippen LogP contribution in [0, 0.1) is 6.92 Å². The highest BCUT2D eigenvalue weighted by atomic mass is 15.0. The van der Waals surface area contributed by atoms with Gasteiger partial charge in [-0.15, -0.1) is 0 Å². The number of fused-ring (bicyclic) bond motifs is 1. The van der Waals surface area contributed by atoms with E-state index in [1.54, 1.807) is 0 Å². The second-order valence-corrected chi connectivity index (χ2v) is 5.47. The maximum atomic E-state index is 4.83. The Kier molecular flexibility index (Phi) is 3.55. The van der Waals surface area contributed by atoms with Crippen LogP contribution >= 0.6 is 0 Å². The molecule has 0 aliphatic rings. The van der Waals surface area contributed by atoms with Crippen molar-refractivity contribution in [1.82, 2.24) is 4.98 Å². The molecule has 0 radical (unpaired) electrons. The van der Waals surface area contributed by atoms with Crippen LogP contribution in [0.15, 0.2) is 24.3 Å². The van der Waals surface area contributed by atoms with Crippen LogP contribution < -0.4 is 5.32 Å². The summed E-state index contributed by atoms with van der Waals surface area (Å²) in [7, 11) is 0. The molecule has 0 saturated carbocycles. The summed E-state index contributed by atoms with van der Waals surface area (Å²) in [5, 5.41) is 5.98. The van der Waals surface area contributed by atoms with Crippen molar-refractivity contribution in [2.24, 2.45) is 0 Å². The van der Waals surface area contributed by atoms with Gasteiger partial charge in [-0.25, -0.2) is 4.98 Å². The van der Waals surface area contributed by atoms with Crippen LogP contribution in [0.3, 0.4) is 0 Å². The number of aryl methyl sites for hydroxylation is 1.